The number of amides is 4. The van der Waals surface area contributed by atoms with E-state index in [1.807, 2.05) is 43.0 Å². The van der Waals surface area contributed by atoms with Gasteiger partial charge in [-0.2, -0.15) is 0 Å². The molecule has 0 unspecified atom stereocenters. The molecule has 2 saturated heterocycles. The Kier molecular flexibility index (Phi) is 12.2. The molecule has 0 bridgehead atoms. The first-order valence-corrected chi connectivity index (χ1v) is 18.8. The van der Waals surface area contributed by atoms with Gasteiger partial charge in [-0.25, -0.2) is 14.6 Å². The molecule has 2 aliphatic heterocycles. The van der Waals surface area contributed by atoms with E-state index in [4.69, 9.17) is 14.2 Å². The number of nitrogens with one attached hydrogen (secondary N) is 4. The van der Waals surface area contributed by atoms with Crippen LogP contribution in [-0.2, 0) is 23.8 Å². The number of ether oxygens (including phenoxy) is 3. The van der Waals surface area contributed by atoms with Gasteiger partial charge in [0.25, 0.3) is 0 Å². The van der Waals surface area contributed by atoms with E-state index in [9.17, 15) is 19.2 Å². The van der Waals surface area contributed by atoms with Gasteiger partial charge < -0.3 is 44.6 Å². The SMILES string of the molecule is COC(=O)N[C@H](C(=O)N1CCC[C@H]1c1ccc(-c2ccc(-c3ccc(-c4cnc([C@@H]5CCCN5C(=O)[C@@H](NC(=O)OC)[C@@H](C)OC)[nH]4)cc3)cc2)[nH]1)C(C)C. The second-order valence-corrected chi connectivity index (χ2v) is 14.5. The van der Waals surface area contributed by atoms with Crippen LogP contribution in [0.4, 0.5) is 9.59 Å². The first-order chi connectivity index (χ1) is 26.5. The largest absolute Gasteiger partial charge is 0.453 e. The van der Waals surface area contributed by atoms with Gasteiger partial charge in [-0.3, -0.25) is 9.59 Å². The summed E-state index contributed by atoms with van der Waals surface area (Å²) >= 11 is 0. The fourth-order valence-corrected chi connectivity index (χ4v) is 7.54. The minimum Gasteiger partial charge on any atom is -0.453 e. The third-order valence-electron chi connectivity index (χ3n) is 10.7. The molecule has 2 aromatic carbocycles. The standard InChI is InChI=1S/C41H51N7O7/c1-24(2)35(45-40(51)54-5)38(49)47-21-7-9-33(47)31-20-19-30(43-31)28-15-11-26(12-16-28)27-13-17-29(18-14-27)32-23-42-37(44-32)34-10-8-22-48(34)39(50)36(25(3)53-4)46-41(52)55-6/h11-20,23-25,33-36,43H,7-10,21-22H2,1-6H3,(H,42,44)(H,45,51)(H,46,52)/t25-,33+,34+,35+,36+/m1/s1. The van der Waals surface area contributed by atoms with Crippen LogP contribution in [0.2, 0.25) is 0 Å². The Morgan fingerprint density at radius 3 is 1.75 bits per heavy atom. The van der Waals surface area contributed by atoms with E-state index in [0.717, 1.165) is 65.0 Å². The number of rotatable bonds is 12. The predicted octanol–water partition coefficient (Wildman–Crippen LogP) is 6.21. The first-order valence-electron chi connectivity index (χ1n) is 18.8. The molecule has 6 rings (SSSR count). The van der Waals surface area contributed by atoms with E-state index < -0.39 is 30.4 Å². The summed E-state index contributed by atoms with van der Waals surface area (Å²) in [5.74, 6) is 0.256. The Balaban J connectivity index is 1.11. The molecule has 5 atom stereocenters. The first kappa shape index (κ1) is 39.1. The molecule has 0 radical (unpaired) electrons. The lowest BCUT2D eigenvalue weighted by atomic mass is 10.0. The summed E-state index contributed by atoms with van der Waals surface area (Å²) in [5.41, 5.74) is 6.90. The van der Waals surface area contributed by atoms with Crippen molar-refractivity contribution < 1.29 is 33.4 Å². The average Bonchev–Trinajstić information content (AvgIpc) is 4.05. The quantitative estimate of drug-likeness (QED) is 0.132. The molecular formula is C41H51N7O7. The summed E-state index contributed by atoms with van der Waals surface area (Å²) in [7, 11) is 4.05. The van der Waals surface area contributed by atoms with Crippen LogP contribution in [0, 0.1) is 5.92 Å². The van der Waals surface area contributed by atoms with Crippen LogP contribution in [0.5, 0.6) is 0 Å². The Hall–Kier alpha value is -5.63. The lowest BCUT2D eigenvalue weighted by Gasteiger charge is -2.30. The van der Waals surface area contributed by atoms with E-state index in [-0.39, 0.29) is 29.8 Å². The number of aromatic nitrogens is 3. The van der Waals surface area contributed by atoms with Gasteiger partial charge in [0.15, 0.2) is 0 Å². The smallest absolute Gasteiger partial charge is 0.407 e. The van der Waals surface area contributed by atoms with Crippen LogP contribution in [0.1, 0.15) is 70.1 Å². The monoisotopic (exact) mass is 753 g/mol. The fraction of sp³-hybridized carbons (Fsp3) is 0.439. The van der Waals surface area contributed by atoms with Crippen LogP contribution in [0.15, 0.2) is 66.9 Å². The van der Waals surface area contributed by atoms with Crippen molar-refractivity contribution >= 4 is 24.0 Å². The molecule has 4 N–H and O–H groups in total. The highest BCUT2D eigenvalue weighted by Crippen LogP contribution is 2.36. The Bertz CT molecular complexity index is 1960. The van der Waals surface area contributed by atoms with Gasteiger partial charge in [-0.05, 0) is 72.9 Å². The van der Waals surface area contributed by atoms with E-state index in [1.165, 1.54) is 21.3 Å². The normalized spacial score (nSPS) is 18.5. The maximum absolute atomic E-state index is 13.6. The van der Waals surface area contributed by atoms with E-state index >= 15 is 0 Å². The van der Waals surface area contributed by atoms with Gasteiger partial charge in [-0.1, -0.05) is 62.4 Å². The van der Waals surface area contributed by atoms with Crippen molar-refractivity contribution in [2.24, 2.45) is 5.92 Å². The molecule has 292 valence electrons. The molecule has 4 aromatic rings. The highest BCUT2D eigenvalue weighted by molar-refractivity contribution is 5.87. The van der Waals surface area contributed by atoms with Crippen molar-refractivity contribution in [2.45, 2.75) is 76.7 Å². The van der Waals surface area contributed by atoms with Crippen LogP contribution in [-0.4, -0.2) is 101 Å². The summed E-state index contributed by atoms with van der Waals surface area (Å²) in [6.07, 6.45) is 3.22. The number of carbonyl (C=O) groups excluding carboxylic acids is 4. The van der Waals surface area contributed by atoms with Crippen LogP contribution in [0.25, 0.3) is 33.6 Å². The van der Waals surface area contributed by atoms with E-state index in [1.54, 1.807) is 18.0 Å². The van der Waals surface area contributed by atoms with Gasteiger partial charge in [0.05, 0.1) is 44.3 Å². The molecule has 2 fully saturated rings. The number of hydrogen-bond donors (Lipinski definition) is 4. The maximum Gasteiger partial charge on any atom is 0.407 e. The molecule has 2 aromatic heterocycles. The number of imidazole rings is 1. The van der Waals surface area contributed by atoms with Crippen molar-refractivity contribution in [1.29, 1.82) is 0 Å². The zero-order chi connectivity index (χ0) is 39.2. The second kappa shape index (κ2) is 17.2. The van der Waals surface area contributed by atoms with Gasteiger partial charge in [0.1, 0.15) is 17.9 Å². The zero-order valence-electron chi connectivity index (χ0n) is 32.3. The lowest BCUT2D eigenvalue weighted by molar-refractivity contribution is -0.137. The van der Waals surface area contributed by atoms with Crippen molar-refractivity contribution in [3.63, 3.8) is 0 Å². The van der Waals surface area contributed by atoms with Crippen LogP contribution < -0.4 is 10.6 Å². The van der Waals surface area contributed by atoms with Crippen molar-refractivity contribution in [2.75, 3.05) is 34.4 Å². The molecular weight excluding hydrogens is 702 g/mol. The van der Waals surface area contributed by atoms with Gasteiger partial charge in [-0.15, -0.1) is 0 Å². The third-order valence-corrected chi connectivity index (χ3v) is 10.7. The Morgan fingerprint density at radius 1 is 0.673 bits per heavy atom. The van der Waals surface area contributed by atoms with Crippen molar-refractivity contribution in [1.82, 2.24) is 35.4 Å². The minimum absolute atomic E-state index is 0.0871. The molecule has 0 spiro atoms. The van der Waals surface area contributed by atoms with Crippen LogP contribution >= 0.6 is 0 Å². The van der Waals surface area contributed by atoms with Crippen LogP contribution in [0.3, 0.4) is 0 Å². The molecule has 4 heterocycles. The molecule has 4 amide bonds. The summed E-state index contributed by atoms with van der Waals surface area (Å²) in [5, 5.41) is 5.33. The molecule has 2 aliphatic rings. The predicted molar refractivity (Wildman–Crippen MR) is 207 cm³/mol. The molecule has 55 heavy (non-hydrogen) atoms. The molecule has 14 nitrogen and oxygen atoms in total. The van der Waals surface area contributed by atoms with Gasteiger partial charge in [0.2, 0.25) is 11.8 Å². The topological polar surface area (TPSA) is 171 Å². The molecule has 0 aliphatic carbocycles. The number of aromatic amines is 2. The number of H-pyrrole nitrogens is 2. The van der Waals surface area contributed by atoms with Crippen molar-refractivity contribution in [3.8, 4) is 33.6 Å². The summed E-state index contributed by atoms with van der Waals surface area (Å²) < 4.78 is 14.9. The van der Waals surface area contributed by atoms with Crippen molar-refractivity contribution in [3.05, 3.63) is 78.4 Å². The Morgan fingerprint density at radius 2 is 1.18 bits per heavy atom. The number of hydrogen-bond acceptors (Lipinski definition) is 8. The number of likely N-dealkylation sites (tertiary alicyclic amines) is 2. The second-order valence-electron chi connectivity index (χ2n) is 14.5. The maximum atomic E-state index is 13.6. The highest BCUT2D eigenvalue weighted by Gasteiger charge is 2.39. The minimum atomic E-state index is -0.892. The number of benzene rings is 2. The van der Waals surface area contributed by atoms with E-state index in [0.29, 0.717) is 18.9 Å². The summed E-state index contributed by atoms with van der Waals surface area (Å²) in [4.78, 5) is 66.3. The van der Waals surface area contributed by atoms with E-state index in [2.05, 4.69) is 62.0 Å². The Labute approximate surface area is 321 Å². The van der Waals surface area contributed by atoms with Gasteiger partial charge >= 0.3 is 12.2 Å². The number of nitrogens with zero attached hydrogens (tertiary/aromatic N) is 3. The number of alkyl carbamates (subject to hydrolysis) is 2. The van der Waals surface area contributed by atoms with Gasteiger partial charge in [0, 0.05) is 31.6 Å². The lowest BCUT2D eigenvalue weighted by Crippen LogP contribution is -2.54. The summed E-state index contributed by atoms with van der Waals surface area (Å²) in [6.45, 7) is 6.74. The summed E-state index contributed by atoms with van der Waals surface area (Å²) in [6, 6.07) is 18.8. The third kappa shape index (κ3) is 8.54. The fourth-order valence-electron chi connectivity index (χ4n) is 7.54. The number of carbonyl (C=O) groups is 4. The zero-order valence-corrected chi connectivity index (χ0v) is 32.3. The number of methoxy groups -OCH3 is 3. The highest BCUT2D eigenvalue weighted by atomic mass is 16.5. The molecule has 0 saturated carbocycles. The molecule has 14 heteroatoms. The average molecular weight is 754 g/mol.